The van der Waals surface area contributed by atoms with Gasteiger partial charge in [0.05, 0.1) is 6.10 Å². The first-order chi connectivity index (χ1) is 10.9. The van der Waals surface area contributed by atoms with E-state index < -0.39 is 0 Å². The van der Waals surface area contributed by atoms with Gasteiger partial charge in [0.1, 0.15) is 5.78 Å². The molecule has 23 heavy (non-hydrogen) atoms. The number of hydrogen-bond donors (Lipinski definition) is 1. The molecule has 128 valence electrons. The van der Waals surface area contributed by atoms with Gasteiger partial charge in [-0.3, -0.25) is 4.79 Å². The van der Waals surface area contributed by atoms with Gasteiger partial charge in [0, 0.05) is 5.92 Å². The monoisotopic (exact) mass is 316 g/mol. The van der Waals surface area contributed by atoms with Crippen molar-refractivity contribution in [3.8, 4) is 0 Å². The number of rotatable bonds is 1. The van der Waals surface area contributed by atoms with Gasteiger partial charge in [-0.05, 0) is 80.5 Å². The summed E-state index contributed by atoms with van der Waals surface area (Å²) < 4.78 is 0. The highest BCUT2D eigenvalue weighted by atomic mass is 16.3. The van der Waals surface area contributed by atoms with E-state index in [1.807, 2.05) is 0 Å². The molecule has 0 radical (unpaired) electrons. The van der Waals surface area contributed by atoms with Crippen LogP contribution in [0.5, 0.6) is 0 Å². The maximum absolute atomic E-state index is 12.2. The van der Waals surface area contributed by atoms with Crippen LogP contribution >= 0.6 is 0 Å². The van der Waals surface area contributed by atoms with Crippen molar-refractivity contribution in [2.24, 2.45) is 34.5 Å². The van der Waals surface area contributed by atoms with E-state index in [2.05, 4.69) is 19.9 Å². The average Bonchev–Trinajstić information content (AvgIpc) is 2.82. The van der Waals surface area contributed by atoms with Crippen LogP contribution in [0.2, 0.25) is 0 Å². The van der Waals surface area contributed by atoms with E-state index in [9.17, 15) is 9.90 Å². The van der Waals surface area contributed by atoms with Gasteiger partial charge >= 0.3 is 0 Å². The Labute approximate surface area is 140 Å². The SMILES string of the molecule is CC(=O)[C@H]1CCC2C3CC=C4CCCCC4(C)C3[C@@H](O)CC21C. The second-order valence-corrected chi connectivity index (χ2v) is 9.40. The Morgan fingerprint density at radius 1 is 1.26 bits per heavy atom. The Kier molecular flexibility index (Phi) is 3.58. The normalized spacial score (nSPS) is 52.2. The molecule has 5 unspecified atom stereocenters. The molecular weight excluding hydrogens is 284 g/mol. The van der Waals surface area contributed by atoms with Crippen molar-refractivity contribution in [1.29, 1.82) is 0 Å². The van der Waals surface area contributed by atoms with Crippen LogP contribution in [0.3, 0.4) is 0 Å². The molecule has 0 bridgehead atoms. The highest BCUT2D eigenvalue weighted by Crippen LogP contribution is 2.66. The van der Waals surface area contributed by atoms with Crippen molar-refractivity contribution in [1.82, 2.24) is 0 Å². The van der Waals surface area contributed by atoms with Crippen LogP contribution in [0.25, 0.3) is 0 Å². The topological polar surface area (TPSA) is 37.3 Å². The van der Waals surface area contributed by atoms with E-state index in [1.165, 1.54) is 32.1 Å². The average molecular weight is 316 g/mol. The van der Waals surface area contributed by atoms with Crippen LogP contribution < -0.4 is 0 Å². The molecule has 4 rings (SSSR count). The molecule has 0 amide bonds. The standard InChI is InChI=1S/C21H32O2/c1-13(22)16-9-10-17-15-8-7-14-6-4-5-11-20(14,2)19(15)18(23)12-21(16,17)3/h7,15-19,23H,4-6,8-12H2,1-3H3/t15?,16-,17?,18+,19?,20?,21?/m1/s1. The molecule has 0 heterocycles. The number of carbonyl (C=O) groups excluding carboxylic acids is 1. The first kappa shape index (κ1) is 15.9. The van der Waals surface area contributed by atoms with Gasteiger partial charge in [0.25, 0.3) is 0 Å². The van der Waals surface area contributed by atoms with E-state index in [4.69, 9.17) is 0 Å². The summed E-state index contributed by atoms with van der Waals surface area (Å²) >= 11 is 0. The molecule has 0 aliphatic heterocycles. The minimum Gasteiger partial charge on any atom is -0.393 e. The van der Waals surface area contributed by atoms with Crippen molar-refractivity contribution in [2.75, 3.05) is 0 Å². The summed E-state index contributed by atoms with van der Waals surface area (Å²) in [5.74, 6) is 2.15. The summed E-state index contributed by atoms with van der Waals surface area (Å²) in [5, 5.41) is 11.2. The molecule has 0 aromatic carbocycles. The molecule has 0 saturated heterocycles. The van der Waals surface area contributed by atoms with Crippen molar-refractivity contribution < 1.29 is 9.90 Å². The molecule has 3 saturated carbocycles. The molecule has 0 spiro atoms. The summed E-state index contributed by atoms with van der Waals surface area (Å²) in [6.45, 7) is 6.49. The van der Waals surface area contributed by atoms with E-state index >= 15 is 0 Å². The van der Waals surface area contributed by atoms with Crippen LogP contribution in [0, 0.1) is 34.5 Å². The predicted octanol–water partition coefficient (Wildman–Crippen LogP) is 4.52. The Morgan fingerprint density at radius 2 is 2.04 bits per heavy atom. The summed E-state index contributed by atoms with van der Waals surface area (Å²) in [7, 11) is 0. The second kappa shape index (κ2) is 5.18. The molecule has 0 aromatic rings. The fraction of sp³-hybridized carbons (Fsp3) is 0.857. The molecule has 1 N–H and O–H groups in total. The first-order valence-corrected chi connectivity index (χ1v) is 9.76. The lowest BCUT2D eigenvalue weighted by Crippen LogP contribution is -2.56. The number of fused-ring (bicyclic) bond motifs is 5. The smallest absolute Gasteiger partial charge is 0.133 e. The Balaban J connectivity index is 1.73. The minimum absolute atomic E-state index is 0.0305. The Bertz CT molecular complexity index is 550. The second-order valence-electron chi connectivity index (χ2n) is 9.40. The highest BCUT2D eigenvalue weighted by Gasteiger charge is 2.61. The van der Waals surface area contributed by atoms with Gasteiger partial charge in [-0.25, -0.2) is 0 Å². The number of hydrogen-bond acceptors (Lipinski definition) is 2. The van der Waals surface area contributed by atoms with Gasteiger partial charge in [0.15, 0.2) is 0 Å². The number of carbonyl (C=O) groups is 1. The molecule has 7 atom stereocenters. The lowest BCUT2D eigenvalue weighted by molar-refractivity contribution is -0.138. The van der Waals surface area contributed by atoms with Gasteiger partial charge in [0.2, 0.25) is 0 Å². The highest BCUT2D eigenvalue weighted by molar-refractivity contribution is 5.79. The predicted molar refractivity (Wildman–Crippen MR) is 91.9 cm³/mol. The summed E-state index contributed by atoms with van der Waals surface area (Å²) in [5.41, 5.74) is 1.88. The number of ketones is 1. The zero-order valence-electron chi connectivity index (χ0n) is 15.0. The Hall–Kier alpha value is -0.630. The molecule has 0 aromatic heterocycles. The number of aliphatic hydroxyl groups excluding tert-OH is 1. The molecule has 4 aliphatic carbocycles. The lowest BCUT2D eigenvalue weighted by atomic mass is 9.46. The Morgan fingerprint density at radius 3 is 2.78 bits per heavy atom. The van der Waals surface area contributed by atoms with Gasteiger partial charge < -0.3 is 5.11 Å². The van der Waals surface area contributed by atoms with Crippen molar-refractivity contribution in [3.05, 3.63) is 11.6 Å². The van der Waals surface area contributed by atoms with E-state index in [0.717, 1.165) is 19.3 Å². The number of aliphatic hydroxyl groups is 1. The van der Waals surface area contributed by atoms with Gasteiger partial charge in [-0.2, -0.15) is 0 Å². The van der Waals surface area contributed by atoms with E-state index in [-0.39, 0.29) is 22.9 Å². The number of allylic oxidation sites excluding steroid dienone is 2. The molecule has 2 heteroatoms. The quantitative estimate of drug-likeness (QED) is 0.722. The van der Waals surface area contributed by atoms with Crippen molar-refractivity contribution >= 4 is 5.78 Å². The maximum Gasteiger partial charge on any atom is 0.133 e. The summed E-state index contributed by atoms with van der Waals surface area (Å²) in [6.07, 6.45) is 11.6. The molecular formula is C21H32O2. The number of Topliss-reactive ketones (excluding diaryl/α,β-unsaturated/α-hetero) is 1. The third kappa shape index (κ3) is 2.06. The van der Waals surface area contributed by atoms with E-state index in [0.29, 0.717) is 23.5 Å². The van der Waals surface area contributed by atoms with Crippen LogP contribution in [0.4, 0.5) is 0 Å². The minimum atomic E-state index is -0.229. The van der Waals surface area contributed by atoms with Gasteiger partial charge in [-0.1, -0.05) is 31.9 Å². The maximum atomic E-state index is 12.2. The van der Waals surface area contributed by atoms with Crippen LogP contribution in [-0.2, 0) is 4.79 Å². The van der Waals surface area contributed by atoms with E-state index in [1.54, 1.807) is 12.5 Å². The molecule has 4 aliphatic rings. The summed E-state index contributed by atoms with van der Waals surface area (Å²) in [4.78, 5) is 12.2. The zero-order valence-corrected chi connectivity index (χ0v) is 15.0. The third-order valence-corrected chi connectivity index (χ3v) is 8.44. The van der Waals surface area contributed by atoms with Crippen LogP contribution in [0.1, 0.15) is 72.1 Å². The van der Waals surface area contributed by atoms with Crippen molar-refractivity contribution in [3.63, 3.8) is 0 Å². The summed E-state index contributed by atoms with van der Waals surface area (Å²) in [6, 6.07) is 0. The lowest BCUT2D eigenvalue weighted by Gasteiger charge is -2.59. The fourth-order valence-electron chi connectivity index (χ4n) is 7.50. The first-order valence-electron chi connectivity index (χ1n) is 9.76. The fourth-order valence-corrected chi connectivity index (χ4v) is 7.50. The van der Waals surface area contributed by atoms with Crippen LogP contribution in [0.15, 0.2) is 11.6 Å². The molecule has 2 nitrogen and oxygen atoms in total. The van der Waals surface area contributed by atoms with Crippen molar-refractivity contribution in [2.45, 2.75) is 78.2 Å². The third-order valence-electron chi connectivity index (χ3n) is 8.44. The molecule has 3 fully saturated rings. The van der Waals surface area contributed by atoms with Gasteiger partial charge in [-0.15, -0.1) is 0 Å². The zero-order chi connectivity index (χ0) is 16.4. The largest absolute Gasteiger partial charge is 0.393 e. The van der Waals surface area contributed by atoms with Crippen LogP contribution in [-0.4, -0.2) is 17.0 Å².